The van der Waals surface area contributed by atoms with Gasteiger partial charge < -0.3 is 24.1 Å². The molecule has 0 atom stereocenters. The van der Waals surface area contributed by atoms with Crippen molar-refractivity contribution in [1.82, 2.24) is 0 Å². The van der Waals surface area contributed by atoms with Gasteiger partial charge in [-0.25, -0.2) is 4.79 Å². The summed E-state index contributed by atoms with van der Waals surface area (Å²) in [5.74, 6) is -0.449. The summed E-state index contributed by atoms with van der Waals surface area (Å²) in [4.78, 5) is 10.9. The molecule has 0 heterocycles. The maximum absolute atomic E-state index is 10.9. The SMILES string of the molecule is COCCOCCCOc1c(Cl)cc(C(=O)O)cc1OC. The van der Waals surface area contributed by atoms with Crippen LogP contribution in [0.4, 0.5) is 0 Å². The Kier molecular flexibility index (Phi) is 7.89. The molecule has 1 rings (SSSR count). The second-order valence-corrected chi connectivity index (χ2v) is 4.51. The zero-order valence-corrected chi connectivity index (χ0v) is 12.8. The highest BCUT2D eigenvalue weighted by molar-refractivity contribution is 6.32. The highest BCUT2D eigenvalue weighted by Gasteiger charge is 2.15. The van der Waals surface area contributed by atoms with Gasteiger partial charge in [0.15, 0.2) is 11.5 Å². The van der Waals surface area contributed by atoms with E-state index >= 15 is 0 Å². The molecule has 0 aliphatic rings. The minimum Gasteiger partial charge on any atom is -0.493 e. The molecule has 0 aromatic heterocycles. The first kappa shape index (κ1) is 17.6. The third-order valence-corrected chi connectivity index (χ3v) is 2.87. The summed E-state index contributed by atoms with van der Waals surface area (Å²) >= 11 is 6.02. The molecule has 0 radical (unpaired) electrons. The molecule has 118 valence electrons. The summed E-state index contributed by atoms with van der Waals surface area (Å²) < 4.78 is 20.8. The van der Waals surface area contributed by atoms with E-state index < -0.39 is 5.97 Å². The molecule has 21 heavy (non-hydrogen) atoms. The van der Waals surface area contributed by atoms with Crippen LogP contribution in [0.5, 0.6) is 11.5 Å². The second kappa shape index (κ2) is 9.44. The molecule has 7 heteroatoms. The van der Waals surface area contributed by atoms with Gasteiger partial charge in [0, 0.05) is 20.1 Å². The normalized spacial score (nSPS) is 10.4. The number of halogens is 1. The van der Waals surface area contributed by atoms with Crippen LogP contribution in [0.25, 0.3) is 0 Å². The number of carboxylic acid groups (broad SMARTS) is 1. The first-order valence-electron chi connectivity index (χ1n) is 6.40. The molecule has 1 N–H and O–H groups in total. The molecule has 0 amide bonds. The maximum Gasteiger partial charge on any atom is 0.335 e. The molecule has 1 aromatic carbocycles. The summed E-state index contributed by atoms with van der Waals surface area (Å²) in [6.45, 7) is 2.01. The minimum absolute atomic E-state index is 0.0482. The first-order valence-corrected chi connectivity index (χ1v) is 6.78. The van der Waals surface area contributed by atoms with Gasteiger partial charge in [-0.3, -0.25) is 0 Å². The topological polar surface area (TPSA) is 74.2 Å². The van der Waals surface area contributed by atoms with E-state index in [4.69, 9.17) is 35.7 Å². The fourth-order valence-electron chi connectivity index (χ4n) is 1.56. The van der Waals surface area contributed by atoms with E-state index in [1.807, 2.05) is 0 Å². The summed E-state index contributed by atoms with van der Waals surface area (Å²) in [5.41, 5.74) is 0.0482. The quantitative estimate of drug-likeness (QED) is 0.668. The van der Waals surface area contributed by atoms with Gasteiger partial charge in [-0.1, -0.05) is 11.6 Å². The van der Waals surface area contributed by atoms with Gasteiger partial charge >= 0.3 is 5.97 Å². The fraction of sp³-hybridized carbons (Fsp3) is 0.500. The monoisotopic (exact) mass is 318 g/mol. The predicted octanol–water partition coefficient (Wildman–Crippen LogP) is 2.48. The lowest BCUT2D eigenvalue weighted by Crippen LogP contribution is -2.08. The molecule has 0 unspecified atom stereocenters. The van der Waals surface area contributed by atoms with Crippen LogP contribution in [0.3, 0.4) is 0 Å². The van der Waals surface area contributed by atoms with Crippen molar-refractivity contribution < 1.29 is 28.8 Å². The zero-order valence-electron chi connectivity index (χ0n) is 12.1. The van der Waals surface area contributed by atoms with Crippen molar-refractivity contribution in [2.24, 2.45) is 0 Å². The van der Waals surface area contributed by atoms with Crippen molar-refractivity contribution in [3.8, 4) is 11.5 Å². The van der Waals surface area contributed by atoms with Crippen molar-refractivity contribution in [3.63, 3.8) is 0 Å². The van der Waals surface area contributed by atoms with E-state index in [1.165, 1.54) is 19.2 Å². The molecule has 0 saturated carbocycles. The Morgan fingerprint density at radius 3 is 2.57 bits per heavy atom. The molecule has 6 nitrogen and oxygen atoms in total. The van der Waals surface area contributed by atoms with Crippen molar-refractivity contribution in [2.75, 3.05) is 40.6 Å². The number of rotatable bonds is 10. The van der Waals surface area contributed by atoms with E-state index in [1.54, 1.807) is 7.11 Å². The van der Waals surface area contributed by atoms with E-state index in [0.29, 0.717) is 44.3 Å². The van der Waals surface area contributed by atoms with Crippen LogP contribution in [0.15, 0.2) is 12.1 Å². The fourth-order valence-corrected chi connectivity index (χ4v) is 1.83. The average molecular weight is 319 g/mol. The Bertz CT molecular complexity index is 463. The Hall–Kier alpha value is -1.50. The number of carboxylic acids is 1. The second-order valence-electron chi connectivity index (χ2n) is 4.10. The number of methoxy groups -OCH3 is 2. The lowest BCUT2D eigenvalue weighted by Gasteiger charge is -2.13. The lowest BCUT2D eigenvalue weighted by molar-refractivity contribution is 0.0643. The molecule has 1 aromatic rings. The van der Waals surface area contributed by atoms with Crippen molar-refractivity contribution in [3.05, 3.63) is 22.7 Å². The van der Waals surface area contributed by atoms with Gasteiger partial charge in [-0.2, -0.15) is 0 Å². The van der Waals surface area contributed by atoms with Crippen molar-refractivity contribution in [1.29, 1.82) is 0 Å². The van der Waals surface area contributed by atoms with Crippen LogP contribution in [-0.2, 0) is 9.47 Å². The van der Waals surface area contributed by atoms with E-state index in [-0.39, 0.29) is 10.6 Å². The predicted molar refractivity (Wildman–Crippen MR) is 77.8 cm³/mol. The van der Waals surface area contributed by atoms with Gasteiger partial charge in [0.2, 0.25) is 0 Å². The number of benzene rings is 1. The van der Waals surface area contributed by atoms with E-state index in [9.17, 15) is 4.79 Å². The zero-order chi connectivity index (χ0) is 15.7. The van der Waals surface area contributed by atoms with Gasteiger partial charge in [0.1, 0.15) is 0 Å². The van der Waals surface area contributed by atoms with E-state index in [2.05, 4.69) is 0 Å². The molecular formula is C14H19ClO6. The lowest BCUT2D eigenvalue weighted by atomic mass is 10.2. The number of aromatic carboxylic acids is 1. The third kappa shape index (κ3) is 5.79. The summed E-state index contributed by atoms with van der Waals surface area (Å²) in [6, 6.07) is 2.70. The Morgan fingerprint density at radius 1 is 1.19 bits per heavy atom. The Morgan fingerprint density at radius 2 is 1.95 bits per heavy atom. The number of ether oxygens (including phenoxy) is 4. The van der Waals surface area contributed by atoms with Gasteiger partial charge in [0.25, 0.3) is 0 Å². The standard InChI is InChI=1S/C14H19ClO6/c1-18-6-7-20-4-3-5-21-13-11(15)8-10(14(16)17)9-12(13)19-2/h8-9H,3-7H2,1-2H3,(H,16,17). The summed E-state index contributed by atoms with van der Waals surface area (Å²) in [5, 5.41) is 9.16. The van der Waals surface area contributed by atoms with Crippen LogP contribution in [0, 0.1) is 0 Å². The van der Waals surface area contributed by atoms with Crippen LogP contribution in [0.1, 0.15) is 16.8 Å². The van der Waals surface area contributed by atoms with Crippen LogP contribution in [0.2, 0.25) is 5.02 Å². The van der Waals surface area contributed by atoms with Crippen LogP contribution < -0.4 is 9.47 Å². The molecule has 0 saturated heterocycles. The molecule has 0 spiro atoms. The highest BCUT2D eigenvalue weighted by atomic mass is 35.5. The smallest absolute Gasteiger partial charge is 0.335 e. The molecular weight excluding hydrogens is 300 g/mol. The van der Waals surface area contributed by atoms with Crippen LogP contribution in [-0.4, -0.2) is 51.7 Å². The maximum atomic E-state index is 10.9. The van der Waals surface area contributed by atoms with E-state index in [0.717, 1.165) is 0 Å². The number of hydrogen-bond donors (Lipinski definition) is 1. The number of hydrogen-bond acceptors (Lipinski definition) is 5. The Labute approximate surface area is 128 Å². The molecule has 0 aliphatic carbocycles. The first-order chi connectivity index (χ1) is 10.1. The molecule has 0 bridgehead atoms. The summed E-state index contributed by atoms with van der Waals surface area (Å²) in [6.07, 6.45) is 0.671. The summed E-state index contributed by atoms with van der Waals surface area (Å²) in [7, 11) is 3.04. The Balaban J connectivity index is 2.52. The van der Waals surface area contributed by atoms with Crippen molar-refractivity contribution >= 4 is 17.6 Å². The van der Waals surface area contributed by atoms with Gasteiger partial charge in [-0.05, 0) is 12.1 Å². The van der Waals surface area contributed by atoms with Gasteiger partial charge in [-0.15, -0.1) is 0 Å². The minimum atomic E-state index is -1.08. The highest BCUT2D eigenvalue weighted by Crippen LogP contribution is 2.36. The average Bonchev–Trinajstić information content (AvgIpc) is 2.46. The largest absolute Gasteiger partial charge is 0.493 e. The third-order valence-electron chi connectivity index (χ3n) is 2.59. The molecule has 0 fully saturated rings. The van der Waals surface area contributed by atoms with Gasteiger partial charge in [0.05, 0.1) is 37.5 Å². The number of carbonyl (C=O) groups is 1. The molecule has 0 aliphatic heterocycles. The van der Waals surface area contributed by atoms with Crippen molar-refractivity contribution in [2.45, 2.75) is 6.42 Å². The van der Waals surface area contributed by atoms with Crippen LogP contribution >= 0.6 is 11.6 Å².